The lowest BCUT2D eigenvalue weighted by molar-refractivity contribution is 0.414. The molecule has 0 radical (unpaired) electrons. The molecule has 6 nitrogen and oxygen atoms in total. The van der Waals surface area contributed by atoms with Gasteiger partial charge in [0.2, 0.25) is 26.6 Å². The molecule has 0 saturated heterocycles. The van der Waals surface area contributed by atoms with Gasteiger partial charge in [0, 0.05) is 16.6 Å². The van der Waals surface area contributed by atoms with E-state index in [4.69, 9.17) is 9.15 Å². The number of anilines is 1. The molecule has 3 aromatic carbocycles. The Bertz CT molecular complexity index is 1270. The summed E-state index contributed by atoms with van der Waals surface area (Å²) < 4.78 is 38.4. The molecule has 0 aliphatic rings. The lowest BCUT2D eigenvalue weighted by atomic mass is 10.2. The Labute approximate surface area is 189 Å². The molecular weight excluding hydrogens is 480 g/mol. The smallest absolute Gasteiger partial charge is 0.234 e. The average Bonchev–Trinajstić information content (AvgIpc) is 3.24. The highest BCUT2D eigenvalue weighted by molar-refractivity contribution is 9.10. The van der Waals surface area contributed by atoms with Gasteiger partial charge in [0.25, 0.3) is 0 Å². The number of nitrogens with one attached hydrogen (secondary N) is 1. The molecule has 0 saturated carbocycles. The van der Waals surface area contributed by atoms with Gasteiger partial charge < -0.3 is 14.5 Å². The van der Waals surface area contributed by atoms with Crippen molar-refractivity contribution in [2.24, 2.45) is 0 Å². The predicted molar refractivity (Wildman–Crippen MR) is 122 cm³/mol. The molecule has 0 aliphatic heterocycles. The monoisotopic (exact) mass is 498 g/mol. The second-order valence-electron chi connectivity index (χ2n) is 6.68. The van der Waals surface area contributed by atoms with Gasteiger partial charge >= 0.3 is 0 Å². The molecule has 1 aromatic heterocycles. The SMILES string of the molecule is COc1ccc(CNc2oc(-c3ccccc3)nc2S(=O)(=O)c2ccc(Br)cc2)cc1. The zero-order valence-electron chi connectivity index (χ0n) is 16.6. The summed E-state index contributed by atoms with van der Waals surface area (Å²) in [5.74, 6) is 1.07. The summed E-state index contributed by atoms with van der Waals surface area (Å²) in [4.78, 5) is 4.48. The van der Waals surface area contributed by atoms with Crippen LogP contribution in [0.1, 0.15) is 5.56 Å². The summed E-state index contributed by atoms with van der Waals surface area (Å²) in [6, 6.07) is 23.1. The highest BCUT2D eigenvalue weighted by Crippen LogP contribution is 2.33. The first-order valence-corrected chi connectivity index (χ1v) is 11.7. The third kappa shape index (κ3) is 4.65. The first-order valence-electron chi connectivity index (χ1n) is 9.41. The van der Waals surface area contributed by atoms with Crippen LogP contribution in [0.4, 0.5) is 5.88 Å². The van der Waals surface area contributed by atoms with E-state index in [-0.39, 0.29) is 21.7 Å². The Morgan fingerprint density at radius 1 is 0.968 bits per heavy atom. The minimum atomic E-state index is -3.90. The number of ether oxygens (including phenoxy) is 1. The average molecular weight is 499 g/mol. The largest absolute Gasteiger partial charge is 0.497 e. The van der Waals surface area contributed by atoms with Gasteiger partial charge in [-0.1, -0.05) is 46.3 Å². The van der Waals surface area contributed by atoms with Crippen LogP contribution < -0.4 is 10.1 Å². The van der Waals surface area contributed by atoms with Crippen LogP contribution in [0.5, 0.6) is 5.75 Å². The van der Waals surface area contributed by atoms with Crippen molar-refractivity contribution in [1.82, 2.24) is 4.98 Å². The number of nitrogens with zero attached hydrogens (tertiary/aromatic N) is 1. The topological polar surface area (TPSA) is 81.4 Å². The maximum absolute atomic E-state index is 13.3. The van der Waals surface area contributed by atoms with Crippen LogP contribution >= 0.6 is 15.9 Å². The van der Waals surface area contributed by atoms with Gasteiger partial charge in [-0.05, 0) is 54.1 Å². The van der Waals surface area contributed by atoms with Gasteiger partial charge in [-0.3, -0.25) is 0 Å². The van der Waals surface area contributed by atoms with Crippen molar-refractivity contribution < 1.29 is 17.6 Å². The van der Waals surface area contributed by atoms with E-state index in [1.807, 2.05) is 54.6 Å². The predicted octanol–water partition coefficient (Wildman–Crippen LogP) is 5.56. The molecule has 0 fully saturated rings. The molecule has 0 bridgehead atoms. The van der Waals surface area contributed by atoms with Crippen molar-refractivity contribution in [3.05, 3.63) is 88.9 Å². The number of benzene rings is 3. The van der Waals surface area contributed by atoms with Crippen LogP contribution in [-0.2, 0) is 16.4 Å². The van der Waals surface area contributed by atoms with E-state index in [1.54, 1.807) is 19.2 Å². The second kappa shape index (κ2) is 8.95. The maximum atomic E-state index is 13.3. The highest BCUT2D eigenvalue weighted by Gasteiger charge is 2.28. The van der Waals surface area contributed by atoms with Crippen LogP contribution in [0.25, 0.3) is 11.5 Å². The Morgan fingerprint density at radius 2 is 1.65 bits per heavy atom. The summed E-state index contributed by atoms with van der Waals surface area (Å²) in [7, 11) is -2.29. The summed E-state index contributed by atoms with van der Waals surface area (Å²) >= 11 is 3.33. The zero-order valence-corrected chi connectivity index (χ0v) is 19.0. The molecular formula is C23H19BrN2O4S. The van der Waals surface area contributed by atoms with E-state index in [1.165, 1.54) is 12.1 Å². The van der Waals surface area contributed by atoms with Crippen LogP contribution in [0.3, 0.4) is 0 Å². The second-order valence-corrected chi connectivity index (χ2v) is 9.46. The van der Waals surface area contributed by atoms with Gasteiger partial charge in [0.1, 0.15) is 5.75 Å². The third-order valence-corrected chi connectivity index (χ3v) is 6.81. The summed E-state index contributed by atoms with van der Waals surface area (Å²) in [5.41, 5.74) is 1.62. The summed E-state index contributed by atoms with van der Waals surface area (Å²) in [5, 5.41) is 2.94. The molecule has 0 unspecified atom stereocenters. The van der Waals surface area contributed by atoms with E-state index in [0.717, 1.165) is 15.8 Å². The van der Waals surface area contributed by atoms with Crippen molar-refractivity contribution in [2.75, 3.05) is 12.4 Å². The molecule has 1 heterocycles. The summed E-state index contributed by atoms with van der Waals surface area (Å²) in [6.45, 7) is 0.357. The van der Waals surface area contributed by atoms with Crippen molar-refractivity contribution in [2.45, 2.75) is 16.5 Å². The third-order valence-electron chi connectivity index (χ3n) is 4.61. The molecule has 0 spiro atoms. The number of methoxy groups -OCH3 is 1. The van der Waals surface area contributed by atoms with Crippen LogP contribution in [0.2, 0.25) is 0 Å². The first kappa shape index (κ1) is 21.1. The van der Waals surface area contributed by atoms with E-state index in [0.29, 0.717) is 12.1 Å². The molecule has 0 amide bonds. The number of rotatable bonds is 7. The molecule has 1 N–H and O–H groups in total. The van der Waals surface area contributed by atoms with Gasteiger partial charge in [-0.25, -0.2) is 8.42 Å². The van der Waals surface area contributed by atoms with E-state index in [2.05, 4.69) is 26.2 Å². The van der Waals surface area contributed by atoms with Crippen LogP contribution in [0, 0.1) is 0 Å². The van der Waals surface area contributed by atoms with Gasteiger partial charge in [-0.15, -0.1) is 0 Å². The fraction of sp³-hybridized carbons (Fsp3) is 0.0870. The molecule has 4 aromatic rings. The van der Waals surface area contributed by atoms with Gasteiger partial charge in [0.15, 0.2) is 0 Å². The zero-order chi connectivity index (χ0) is 21.8. The molecule has 31 heavy (non-hydrogen) atoms. The molecule has 4 rings (SSSR count). The lowest BCUT2D eigenvalue weighted by Gasteiger charge is -2.07. The fourth-order valence-corrected chi connectivity index (χ4v) is 4.50. The Kier molecular flexibility index (Phi) is 6.11. The van der Waals surface area contributed by atoms with Crippen molar-refractivity contribution >= 4 is 31.7 Å². The summed E-state index contributed by atoms with van der Waals surface area (Å²) in [6.07, 6.45) is 0. The first-order chi connectivity index (χ1) is 15.0. The Morgan fingerprint density at radius 3 is 2.29 bits per heavy atom. The highest BCUT2D eigenvalue weighted by atomic mass is 79.9. The van der Waals surface area contributed by atoms with E-state index in [9.17, 15) is 8.42 Å². The van der Waals surface area contributed by atoms with Crippen LogP contribution in [-0.4, -0.2) is 20.5 Å². The van der Waals surface area contributed by atoms with Crippen molar-refractivity contribution in [3.8, 4) is 17.2 Å². The molecule has 0 aliphatic carbocycles. The van der Waals surface area contributed by atoms with E-state index < -0.39 is 9.84 Å². The quantitative estimate of drug-likeness (QED) is 0.359. The van der Waals surface area contributed by atoms with Crippen molar-refractivity contribution in [3.63, 3.8) is 0 Å². The Balaban J connectivity index is 1.71. The number of halogens is 1. The number of hydrogen-bond acceptors (Lipinski definition) is 6. The number of aromatic nitrogens is 1. The minimum Gasteiger partial charge on any atom is -0.497 e. The van der Waals surface area contributed by atoms with Crippen LogP contribution in [0.15, 0.2) is 97.7 Å². The molecule has 0 atom stereocenters. The molecule has 158 valence electrons. The van der Waals surface area contributed by atoms with Gasteiger partial charge in [-0.2, -0.15) is 4.98 Å². The molecule has 8 heteroatoms. The lowest BCUT2D eigenvalue weighted by Crippen LogP contribution is -2.07. The Hall–Kier alpha value is -3.10. The van der Waals surface area contributed by atoms with E-state index >= 15 is 0 Å². The van der Waals surface area contributed by atoms with Gasteiger partial charge in [0.05, 0.1) is 12.0 Å². The number of hydrogen-bond donors (Lipinski definition) is 1. The number of sulfone groups is 1. The maximum Gasteiger partial charge on any atom is 0.234 e. The standard InChI is InChI=1S/C23H19BrN2O4S/c1-29-19-11-7-16(8-12-19)15-25-22-23(26-21(30-22)17-5-3-2-4-6-17)31(27,28)20-13-9-18(24)10-14-20/h2-14,25H,15H2,1H3. The minimum absolute atomic E-state index is 0.0950. The van der Waals surface area contributed by atoms with Crippen molar-refractivity contribution in [1.29, 1.82) is 0 Å². The number of oxazole rings is 1. The normalized spacial score (nSPS) is 11.3. The fourth-order valence-electron chi connectivity index (χ4n) is 2.96.